The second-order valence-corrected chi connectivity index (χ2v) is 6.71. The monoisotopic (exact) mass is 409 g/mol. The van der Waals surface area contributed by atoms with Crippen LogP contribution in [0.5, 0.6) is 17.4 Å². The van der Waals surface area contributed by atoms with Gasteiger partial charge in [-0.2, -0.15) is 0 Å². The third-order valence-electron chi connectivity index (χ3n) is 4.70. The van der Waals surface area contributed by atoms with Crippen LogP contribution < -0.4 is 9.47 Å². The fourth-order valence-electron chi connectivity index (χ4n) is 3.17. The van der Waals surface area contributed by atoms with Crippen molar-refractivity contribution in [2.24, 2.45) is 0 Å². The molecule has 4 aromatic rings. The molecule has 1 heterocycles. The van der Waals surface area contributed by atoms with Gasteiger partial charge in [0.15, 0.2) is 17.3 Å². The average Bonchev–Trinajstić information content (AvgIpc) is 2.85. The van der Waals surface area contributed by atoms with Gasteiger partial charge in [0.2, 0.25) is 5.88 Å². The lowest BCUT2D eigenvalue weighted by atomic mass is 9.95. The van der Waals surface area contributed by atoms with Crippen LogP contribution in [-0.4, -0.2) is 23.7 Å². The number of methoxy groups -OCH3 is 1. The Morgan fingerprint density at radius 3 is 1.68 bits per heavy atom. The Morgan fingerprint density at radius 2 is 1.23 bits per heavy atom. The molecule has 4 rings (SSSR count). The largest absolute Gasteiger partial charge is 0.497 e. The number of hydrogen-bond acceptors (Lipinski definition) is 5. The number of carbonyl (C=O) groups is 2. The van der Waals surface area contributed by atoms with Crippen molar-refractivity contribution >= 4 is 11.6 Å². The molecular weight excluding hydrogens is 390 g/mol. The van der Waals surface area contributed by atoms with E-state index in [-0.39, 0.29) is 34.3 Å². The molecule has 0 radical (unpaired) electrons. The van der Waals surface area contributed by atoms with E-state index >= 15 is 0 Å². The number of pyridine rings is 1. The molecule has 0 amide bonds. The first kappa shape index (κ1) is 20.0. The van der Waals surface area contributed by atoms with E-state index < -0.39 is 0 Å². The molecule has 31 heavy (non-hydrogen) atoms. The van der Waals surface area contributed by atoms with Gasteiger partial charge in [0.25, 0.3) is 0 Å². The van der Waals surface area contributed by atoms with E-state index in [9.17, 15) is 9.59 Å². The molecule has 152 valence electrons. The van der Waals surface area contributed by atoms with Gasteiger partial charge in [0.1, 0.15) is 5.75 Å². The first-order valence-electron chi connectivity index (χ1n) is 9.68. The zero-order chi connectivity index (χ0) is 21.6. The molecule has 0 saturated carbocycles. The summed E-state index contributed by atoms with van der Waals surface area (Å²) in [5.74, 6) is 0.228. The topological polar surface area (TPSA) is 65.5 Å². The molecule has 0 unspecified atom stereocenters. The highest BCUT2D eigenvalue weighted by Gasteiger charge is 2.25. The minimum absolute atomic E-state index is 0.141. The molecule has 5 heteroatoms. The van der Waals surface area contributed by atoms with Crippen molar-refractivity contribution < 1.29 is 19.1 Å². The summed E-state index contributed by atoms with van der Waals surface area (Å²) in [5, 5.41) is 0. The molecule has 0 fully saturated rings. The van der Waals surface area contributed by atoms with Crippen LogP contribution in [0.1, 0.15) is 31.8 Å². The molecular formula is C26H19NO4. The Morgan fingerprint density at radius 1 is 0.710 bits per heavy atom. The summed E-state index contributed by atoms with van der Waals surface area (Å²) in [5.41, 5.74) is 1.38. The lowest BCUT2D eigenvalue weighted by molar-refractivity contribution is 0.103. The van der Waals surface area contributed by atoms with Crippen LogP contribution in [0, 0.1) is 0 Å². The van der Waals surface area contributed by atoms with Gasteiger partial charge in [-0.15, -0.1) is 0 Å². The minimum Gasteiger partial charge on any atom is -0.497 e. The molecule has 0 aliphatic rings. The molecule has 5 nitrogen and oxygen atoms in total. The fourth-order valence-corrected chi connectivity index (χ4v) is 3.17. The third-order valence-corrected chi connectivity index (χ3v) is 4.70. The number of carbonyl (C=O) groups excluding carboxylic acids is 2. The normalized spacial score (nSPS) is 10.4. The Hall–Kier alpha value is -4.25. The summed E-state index contributed by atoms with van der Waals surface area (Å²) in [6.45, 7) is 0. The third kappa shape index (κ3) is 4.36. The predicted molar refractivity (Wildman–Crippen MR) is 117 cm³/mol. The SMILES string of the molecule is COc1cc(C(=O)c2ccccc2)c(Oc2ccccn2)c(C(=O)c2ccccc2)c1. The summed E-state index contributed by atoms with van der Waals surface area (Å²) >= 11 is 0. The van der Waals surface area contributed by atoms with Crippen molar-refractivity contribution in [2.75, 3.05) is 7.11 Å². The zero-order valence-corrected chi connectivity index (χ0v) is 16.8. The van der Waals surface area contributed by atoms with Gasteiger partial charge in [0.05, 0.1) is 18.2 Å². The maximum Gasteiger partial charge on any atom is 0.219 e. The van der Waals surface area contributed by atoms with Crippen molar-refractivity contribution in [3.05, 3.63) is 119 Å². The van der Waals surface area contributed by atoms with E-state index in [4.69, 9.17) is 9.47 Å². The molecule has 0 N–H and O–H groups in total. The number of benzene rings is 3. The highest BCUT2D eigenvalue weighted by Crippen LogP contribution is 2.35. The second-order valence-electron chi connectivity index (χ2n) is 6.71. The van der Waals surface area contributed by atoms with E-state index in [1.165, 1.54) is 7.11 Å². The summed E-state index contributed by atoms with van der Waals surface area (Å²) in [7, 11) is 1.49. The van der Waals surface area contributed by atoms with Gasteiger partial charge in [-0.05, 0) is 18.2 Å². The van der Waals surface area contributed by atoms with Gasteiger partial charge >= 0.3 is 0 Å². The van der Waals surface area contributed by atoms with Crippen LogP contribution in [0.25, 0.3) is 0 Å². The number of rotatable bonds is 7. The van der Waals surface area contributed by atoms with Gasteiger partial charge in [0, 0.05) is 23.4 Å². The lowest BCUT2D eigenvalue weighted by Gasteiger charge is -2.16. The van der Waals surface area contributed by atoms with E-state index in [0.29, 0.717) is 16.9 Å². The number of ketones is 2. The van der Waals surface area contributed by atoms with Gasteiger partial charge < -0.3 is 9.47 Å². The molecule has 0 aliphatic heterocycles. The molecule has 0 atom stereocenters. The van der Waals surface area contributed by atoms with Gasteiger partial charge in [-0.25, -0.2) is 4.98 Å². The maximum atomic E-state index is 13.4. The molecule has 0 saturated heterocycles. The number of hydrogen-bond donors (Lipinski definition) is 0. The fraction of sp³-hybridized carbons (Fsp3) is 0.0385. The Kier molecular flexibility index (Phi) is 5.85. The van der Waals surface area contributed by atoms with Crippen molar-refractivity contribution in [2.45, 2.75) is 0 Å². The van der Waals surface area contributed by atoms with Crippen LogP contribution >= 0.6 is 0 Å². The van der Waals surface area contributed by atoms with Crippen LogP contribution in [0.3, 0.4) is 0 Å². The molecule has 3 aromatic carbocycles. The maximum absolute atomic E-state index is 13.4. The predicted octanol–water partition coefficient (Wildman–Crippen LogP) is 5.34. The van der Waals surface area contributed by atoms with E-state index in [2.05, 4.69) is 4.98 Å². The van der Waals surface area contributed by atoms with Gasteiger partial charge in [-0.3, -0.25) is 9.59 Å². The number of aromatic nitrogens is 1. The van der Waals surface area contributed by atoms with E-state index in [1.807, 2.05) is 12.1 Å². The second kappa shape index (κ2) is 9.05. The minimum atomic E-state index is -0.285. The van der Waals surface area contributed by atoms with E-state index in [0.717, 1.165) is 0 Å². The van der Waals surface area contributed by atoms with Crippen molar-refractivity contribution in [3.63, 3.8) is 0 Å². The summed E-state index contributed by atoms with van der Waals surface area (Å²) in [6.07, 6.45) is 1.58. The van der Waals surface area contributed by atoms with Gasteiger partial charge in [-0.1, -0.05) is 66.7 Å². The Balaban J connectivity index is 1.92. The first-order valence-corrected chi connectivity index (χ1v) is 9.68. The number of ether oxygens (including phenoxy) is 2. The van der Waals surface area contributed by atoms with Crippen LogP contribution in [0.15, 0.2) is 97.2 Å². The Labute approximate surface area is 179 Å². The smallest absolute Gasteiger partial charge is 0.219 e. The van der Waals surface area contributed by atoms with Crippen LogP contribution in [-0.2, 0) is 0 Å². The van der Waals surface area contributed by atoms with Crippen LogP contribution in [0.4, 0.5) is 0 Å². The summed E-state index contributed by atoms with van der Waals surface area (Å²) in [4.78, 5) is 30.9. The molecule has 0 bridgehead atoms. The molecule has 0 aliphatic carbocycles. The quantitative estimate of drug-likeness (QED) is 0.385. The number of nitrogens with zero attached hydrogens (tertiary/aromatic N) is 1. The van der Waals surface area contributed by atoms with Crippen molar-refractivity contribution in [1.29, 1.82) is 0 Å². The molecule has 1 aromatic heterocycles. The van der Waals surface area contributed by atoms with E-state index in [1.54, 1.807) is 85.1 Å². The van der Waals surface area contributed by atoms with Crippen molar-refractivity contribution in [1.82, 2.24) is 4.98 Å². The summed E-state index contributed by atoms with van der Waals surface area (Å²) in [6, 6.07) is 26.0. The standard InChI is InChI=1S/C26H19NO4/c1-30-20-16-21(24(28)18-10-4-2-5-11-18)26(31-23-14-8-9-15-27-23)22(17-20)25(29)19-12-6-3-7-13-19/h2-17H,1H3. The van der Waals surface area contributed by atoms with Crippen LogP contribution in [0.2, 0.25) is 0 Å². The summed E-state index contributed by atoms with van der Waals surface area (Å²) < 4.78 is 11.4. The van der Waals surface area contributed by atoms with Crippen molar-refractivity contribution in [3.8, 4) is 17.4 Å². The molecule has 0 spiro atoms. The lowest BCUT2D eigenvalue weighted by Crippen LogP contribution is -2.11. The highest BCUT2D eigenvalue weighted by molar-refractivity contribution is 6.16. The first-order chi connectivity index (χ1) is 15.2. The zero-order valence-electron chi connectivity index (χ0n) is 16.8. The highest BCUT2D eigenvalue weighted by atomic mass is 16.5. The Bertz CT molecular complexity index is 1130. The average molecular weight is 409 g/mol.